The molecule has 2 aromatic rings. The van der Waals surface area contributed by atoms with Crippen molar-refractivity contribution in [3.63, 3.8) is 0 Å². The molecule has 24 heavy (non-hydrogen) atoms. The van der Waals surface area contributed by atoms with Crippen molar-refractivity contribution in [1.29, 1.82) is 0 Å². The number of benzene rings is 1. The van der Waals surface area contributed by atoms with Crippen molar-refractivity contribution in [2.45, 2.75) is 25.4 Å². The highest BCUT2D eigenvalue weighted by Crippen LogP contribution is 2.10. The van der Waals surface area contributed by atoms with E-state index < -0.39 is 0 Å². The molecule has 0 spiro atoms. The van der Waals surface area contributed by atoms with Gasteiger partial charge in [-0.15, -0.1) is 0 Å². The fourth-order valence-electron chi connectivity index (χ4n) is 2.68. The lowest BCUT2D eigenvalue weighted by Crippen LogP contribution is -2.40. The summed E-state index contributed by atoms with van der Waals surface area (Å²) in [6.07, 6.45) is 5.15. The molecule has 0 radical (unpaired) electrons. The van der Waals surface area contributed by atoms with Crippen LogP contribution >= 0.6 is 0 Å². The van der Waals surface area contributed by atoms with Gasteiger partial charge in [0.15, 0.2) is 0 Å². The fraction of sp³-hybridized carbons (Fsp3) is 0.278. The monoisotopic (exact) mass is 324 g/mol. The second kappa shape index (κ2) is 7.70. The predicted molar refractivity (Wildman–Crippen MR) is 91.5 cm³/mol. The molecule has 2 amide bonds. The first-order chi connectivity index (χ1) is 11.7. The molecule has 1 unspecified atom stereocenters. The molecule has 3 rings (SSSR count). The second-order valence-corrected chi connectivity index (χ2v) is 5.76. The van der Waals surface area contributed by atoms with Crippen molar-refractivity contribution < 1.29 is 9.59 Å². The molecule has 3 N–H and O–H groups in total. The number of hydrogen-bond donors (Lipinski definition) is 3. The third-order valence-electron chi connectivity index (χ3n) is 3.97. The van der Waals surface area contributed by atoms with Gasteiger partial charge in [-0.3, -0.25) is 14.6 Å². The van der Waals surface area contributed by atoms with Gasteiger partial charge < -0.3 is 16.0 Å². The minimum Gasteiger partial charge on any atom is -0.351 e. The van der Waals surface area contributed by atoms with Crippen molar-refractivity contribution in [3.8, 4) is 0 Å². The van der Waals surface area contributed by atoms with Gasteiger partial charge in [0, 0.05) is 30.2 Å². The van der Waals surface area contributed by atoms with E-state index >= 15 is 0 Å². The molecule has 124 valence electrons. The first-order valence-electron chi connectivity index (χ1n) is 8.04. The zero-order chi connectivity index (χ0) is 16.8. The molecule has 1 aromatic heterocycles. The van der Waals surface area contributed by atoms with Gasteiger partial charge in [-0.05, 0) is 49.2 Å². The molecular weight excluding hydrogens is 304 g/mol. The molecule has 6 heteroatoms. The summed E-state index contributed by atoms with van der Waals surface area (Å²) in [6.45, 7) is 1.30. The molecule has 1 atom stereocenters. The van der Waals surface area contributed by atoms with Crippen LogP contribution in [-0.2, 0) is 11.3 Å². The predicted octanol–water partition coefficient (Wildman–Crippen LogP) is 1.70. The lowest BCUT2D eigenvalue weighted by atomic mass is 10.1. The van der Waals surface area contributed by atoms with E-state index in [-0.39, 0.29) is 17.9 Å². The number of pyridine rings is 1. The Balaban J connectivity index is 1.59. The van der Waals surface area contributed by atoms with E-state index in [1.54, 1.807) is 36.7 Å². The average Bonchev–Trinajstić information content (AvgIpc) is 3.15. The van der Waals surface area contributed by atoms with Crippen LogP contribution in [0.1, 0.15) is 28.8 Å². The van der Waals surface area contributed by atoms with Crippen LogP contribution in [0.3, 0.4) is 0 Å². The number of nitrogens with zero attached hydrogens (tertiary/aromatic N) is 1. The first kappa shape index (κ1) is 16.1. The summed E-state index contributed by atoms with van der Waals surface area (Å²) in [5, 5.41) is 8.90. The fourth-order valence-corrected chi connectivity index (χ4v) is 2.68. The van der Waals surface area contributed by atoms with Crippen LogP contribution in [0.4, 0.5) is 5.69 Å². The highest BCUT2D eigenvalue weighted by molar-refractivity contribution is 6.04. The van der Waals surface area contributed by atoms with Crippen LogP contribution in [0.15, 0.2) is 48.8 Å². The maximum absolute atomic E-state index is 12.3. The Labute approximate surface area is 140 Å². The number of aromatic nitrogens is 1. The number of amides is 2. The number of hydrogen-bond acceptors (Lipinski definition) is 4. The summed E-state index contributed by atoms with van der Waals surface area (Å²) >= 11 is 0. The molecule has 1 aliphatic heterocycles. The van der Waals surface area contributed by atoms with E-state index in [9.17, 15) is 9.59 Å². The van der Waals surface area contributed by atoms with Gasteiger partial charge in [0.2, 0.25) is 5.91 Å². The lowest BCUT2D eigenvalue weighted by Gasteiger charge is -2.12. The second-order valence-electron chi connectivity index (χ2n) is 5.76. The number of carbonyl (C=O) groups excluding carboxylic acids is 2. The summed E-state index contributed by atoms with van der Waals surface area (Å²) in [7, 11) is 0. The normalized spacial score (nSPS) is 16.6. The van der Waals surface area contributed by atoms with E-state index in [2.05, 4.69) is 20.9 Å². The van der Waals surface area contributed by atoms with Crippen LogP contribution in [0.2, 0.25) is 0 Å². The van der Waals surface area contributed by atoms with E-state index in [1.165, 1.54) is 0 Å². The number of nitrogens with one attached hydrogen (secondary N) is 3. The largest absolute Gasteiger partial charge is 0.351 e. The van der Waals surface area contributed by atoms with Crippen molar-refractivity contribution in [1.82, 2.24) is 15.6 Å². The van der Waals surface area contributed by atoms with E-state index in [4.69, 9.17) is 0 Å². The Morgan fingerprint density at radius 2 is 2.04 bits per heavy atom. The van der Waals surface area contributed by atoms with Crippen LogP contribution < -0.4 is 16.0 Å². The first-order valence-corrected chi connectivity index (χ1v) is 8.04. The minimum atomic E-state index is -0.188. The molecule has 1 aromatic carbocycles. The Hall–Kier alpha value is -2.73. The quantitative estimate of drug-likeness (QED) is 0.782. The Kier molecular flexibility index (Phi) is 5.18. The van der Waals surface area contributed by atoms with Crippen LogP contribution in [-0.4, -0.2) is 29.4 Å². The molecule has 1 aliphatic rings. The Bertz CT molecular complexity index is 712. The molecule has 1 saturated heterocycles. The SMILES string of the molecule is O=C(Nc1ccncc1)c1cccc(CNC(=O)C2CCCN2)c1. The van der Waals surface area contributed by atoms with Crippen LogP contribution in [0.25, 0.3) is 0 Å². The highest BCUT2D eigenvalue weighted by atomic mass is 16.2. The topological polar surface area (TPSA) is 83.1 Å². The van der Waals surface area contributed by atoms with Gasteiger partial charge >= 0.3 is 0 Å². The molecule has 6 nitrogen and oxygen atoms in total. The average molecular weight is 324 g/mol. The van der Waals surface area contributed by atoms with Crippen molar-refractivity contribution in [2.75, 3.05) is 11.9 Å². The number of carbonyl (C=O) groups is 2. The summed E-state index contributed by atoms with van der Waals surface area (Å²) in [5.74, 6) is -0.175. The molecule has 0 saturated carbocycles. The summed E-state index contributed by atoms with van der Waals surface area (Å²) in [4.78, 5) is 28.2. The maximum Gasteiger partial charge on any atom is 0.255 e. The highest BCUT2D eigenvalue weighted by Gasteiger charge is 2.21. The summed E-state index contributed by atoms with van der Waals surface area (Å²) < 4.78 is 0. The van der Waals surface area contributed by atoms with E-state index in [0.29, 0.717) is 17.8 Å². The van der Waals surface area contributed by atoms with E-state index in [1.807, 2.05) is 12.1 Å². The smallest absolute Gasteiger partial charge is 0.255 e. The molecule has 1 fully saturated rings. The standard InChI is InChI=1S/C18H20N4O2/c23-17(22-15-6-9-19-10-7-15)14-4-1-3-13(11-14)12-21-18(24)16-5-2-8-20-16/h1,3-4,6-7,9-11,16,20H,2,5,8,12H2,(H,21,24)(H,19,22,23). The zero-order valence-corrected chi connectivity index (χ0v) is 13.3. The minimum absolute atomic E-state index is 0.0131. The lowest BCUT2D eigenvalue weighted by molar-refractivity contribution is -0.122. The van der Waals surface area contributed by atoms with Gasteiger partial charge in [0.1, 0.15) is 0 Å². The maximum atomic E-state index is 12.3. The third-order valence-corrected chi connectivity index (χ3v) is 3.97. The van der Waals surface area contributed by atoms with Gasteiger partial charge in [-0.25, -0.2) is 0 Å². The summed E-state index contributed by atoms with van der Waals surface area (Å²) in [5.41, 5.74) is 2.14. The zero-order valence-electron chi connectivity index (χ0n) is 13.3. The summed E-state index contributed by atoms with van der Waals surface area (Å²) in [6, 6.07) is 10.6. The molecule has 0 aliphatic carbocycles. The van der Waals surface area contributed by atoms with Crippen molar-refractivity contribution in [3.05, 3.63) is 59.9 Å². The van der Waals surface area contributed by atoms with Crippen LogP contribution in [0.5, 0.6) is 0 Å². The van der Waals surface area contributed by atoms with Crippen molar-refractivity contribution in [2.24, 2.45) is 0 Å². The van der Waals surface area contributed by atoms with Crippen molar-refractivity contribution >= 4 is 17.5 Å². The number of anilines is 1. The molecule has 0 bridgehead atoms. The van der Waals surface area contributed by atoms with Gasteiger partial charge in [0.25, 0.3) is 5.91 Å². The molecular formula is C18H20N4O2. The van der Waals surface area contributed by atoms with Gasteiger partial charge in [-0.2, -0.15) is 0 Å². The van der Waals surface area contributed by atoms with E-state index in [0.717, 1.165) is 24.9 Å². The van der Waals surface area contributed by atoms with Crippen LogP contribution in [0, 0.1) is 0 Å². The number of rotatable bonds is 5. The Morgan fingerprint density at radius 3 is 2.79 bits per heavy atom. The third kappa shape index (κ3) is 4.17. The van der Waals surface area contributed by atoms with Gasteiger partial charge in [-0.1, -0.05) is 12.1 Å². The Morgan fingerprint density at radius 1 is 1.21 bits per heavy atom. The molecule has 2 heterocycles. The van der Waals surface area contributed by atoms with Gasteiger partial charge in [0.05, 0.1) is 6.04 Å².